The van der Waals surface area contributed by atoms with E-state index in [0.29, 0.717) is 16.9 Å². The first-order valence-electron chi connectivity index (χ1n) is 9.00. The Labute approximate surface area is 160 Å². The molecule has 0 atom stereocenters. The highest BCUT2D eigenvalue weighted by atomic mass is 79.9. The molecule has 0 unspecified atom stereocenters. The van der Waals surface area contributed by atoms with E-state index in [4.69, 9.17) is 4.98 Å². The van der Waals surface area contributed by atoms with Crippen molar-refractivity contribution in [3.63, 3.8) is 0 Å². The van der Waals surface area contributed by atoms with Crippen molar-refractivity contribution in [2.24, 2.45) is 0 Å². The summed E-state index contributed by atoms with van der Waals surface area (Å²) >= 11 is 3.35. The first-order valence-corrected chi connectivity index (χ1v) is 9.79. The van der Waals surface area contributed by atoms with Crippen molar-refractivity contribution in [3.8, 4) is 5.69 Å². The van der Waals surface area contributed by atoms with Crippen molar-refractivity contribution in [3.05, 3.63) is 81.6 Å². The molecule has 2 aliphatic rings. The van der Waals surface area contributed by atoms with Gasteiger partial charge in [0, 0.05) is 25.2 Å². The Balaban J connectivity index is 1.58. The van der Waals surface area contributed by atoms with Gasteiger partial charge in [0.25, 0.3) is 0 Å². The minimum absolute atomic E-state index is 0.214. The quantitative estimate of drug-likeness (QED) is 0.592. The van der Waals surface area contributed by atoms with Crippen LogP contribution in [-0.2, 0) is 19.6 Å². The van der Waals surface area contributed by atoms with E-state index >= 15 is 0 Å². The molecular weight excluding hydrogens is 393 g/mol. The maximum atomic E-state index is 14.2. The predicted octanol–water partition coefficient (Wildman–Crippen LogP) is 5.17. The fourth-order valence-electron chi connectivity index (χ4n) is 3.71. The predicted molar refractivity (Wildman–Crippen MR) is 103 cm³/mol. The van der Waals surface area contributed by atoms with Crippen molar-refractivity contribution in [2.75, 3.05) is 0 Å². The lowest BCUT2D eigenvalue weighted by Crippen LogP contribution is -2.22. The molecule has 26 heavy (non-hydrogen) atoms. The summed E-state index contributed by atoms with van der Waals surface area (Å²) in [5.74, 6) is 1.43. The van der Waals surface area contributed by atoms with Gasteiger partial charge >= 0.3 is 0 Å². The lowest BCUT2D eigenvalue weighted by Gasteiger charge is -2.20. The van der Waals surface area contributed by atoms with Crippen LogP contribution in [0.5, 0.6) is 0 Å². The summed E-state index contributed by atoms with van der Waals surface area (Å²) in [6.07, 6.45) is 4.61. The Morgan fingerprint density at radius 3 is 2.69 bits per heavy atom. The number of hydrogen-bond acceptors (Lipinski definition) is 2. The number of imidazole rings is 1. The van der Waals surface area contributed by atoms with Gasteiger partial charge in [0.2, 0.25) is 0 Å². The molecule has 2 aromatic carbocycles. The number of benzene rings is 2. The third kappa shape index (κ3) is 2.99. The second-order valence-electron chi connectivity index (χ2n) is 7.25. The van der Waals surface area contributed by atoms with Gasteiger partial charge in [0.05, 0.1) is 22.4 Å². The van der Waals surface area contributed by atoms with Gasteiger partial charge in [-0.3, -0.25) is 4.90 Å². The van der Waals surface area contributed by atoms with Gasteiger partial charge in [0.1, 0.15) is 11.6 Å². The summed E-state index contributed by atoms with van der Waals surface area (Å²) in [5.41, 5.74) is 4.46. The van der Waals surface area contributed by atoms with Gasteiger partial charge in [-0.15, -0.1) is 0 Å². The molecule has 1 aliphatic heterocycles. The largest absolute Gasteiger partial charge is 0.302 e. The molecule has 1 aromatic heterocycles. The van der Waals surface area contributed by atoms with E-state index in [0.717, 1.165) is 30.2 Å². The Hall–Kier alpha value is -1.98. The van der Waals surface area contributed by atoms with Crippen LogP contribution in [0.3, 0.4) is 0 Å². The third-order valence-electron chi connectivity index (χ3n) is 5.18. The van der Waals surface area contributed by atoms with Crippen LogP contribution in [-0.4, -0.2) is 14.5 Å². The third-order valence-corrected chi connectivity index (χ3v) is 5.79. The molecule has 2 heterocycles. The average molecular weight is 412 g/mol. The number of rotatable bonds is 3. The number of fused-ring (bicyclic) bond motifs is 3. The van der Waals surface area contributed by atoms with Crippen molar-refractivity contribution in [1.82, 2.24) is 14.5 Å². The monoisotopic (exact) mass is 411 g/mol. The summed E-state index contributed by atoms with van der Waals surface area (Å²) in [7, 11) is 0. The van der Waals surface area contributed by atoms with Gasteiger partial charge in [-0.05, 0) is 52.0 Å². The van der Waals surface area contributed by atoms with Crippen LogP contribution in [0.4, 0.5) is 4.39 Å². The average Bonchev–Trinajstić information content (AvgIpc) is 3.41. The fraction of sp³-hybridized carbons (Fsp3) is 0.286. The highest BCUT2D eigenvalue weighted by Gasteiger charge is 2.29. The van der Waals surface area contributed by atoms with E-state index in [9.17, 15) is 4.39 Å². The SMILES string of the molecule is Fc1cc2c(cc1Br)-n1cc(C3CC3)nc1CN(Cc1ccccc1)C2. The van der Waals surface area contributed by atoms with Crippen molar-refractivity contribution < 1.29 is 4.39 Å². The molecule has 0 spiro atoms. The lowest BCUT2D eigenvalue weighted by molar-refractivity contribution is 0.245. The van der Waals surface area contributed by atoms with Crippen molar-refractivity contribution in [2.45, 2.75) is 38.4 Å². The van der Waals surface area contributed by atoms with Gasteiger partial charge in [0.15, 0.2) is 0 Å². The van der Waals surface area contributed by atoms with E-state index in [1.54, 1.807) is 6.07 Å². The van der Waals surface area contributed by atoms with Crippen LogP contribution >= 0.6 is 15.9 Å². The standard InChI is InChI=1S/C21H19BrFN3/c22-17-9-20-16(8-18(17)23)11-25(10-14-4-2-1-3-5-14)13-21-24-19(12-26(20)21)15-6-7-15/h1-5,8-9,12,15H,6-7,10-11,13H2. The van der Waals surface area contributed by atoms with E-state index in [1.165, 1.54) is 24.1 Å². The van der Waals surface area contributed by atoms with Gasteiger partial charge < -0.3 is 4.57 Å². The topological polar surface area (TPSA) is 21.1 Å². The molecule has 0 radical (unpaired) electrons. The molecule has 0 saturated heterocycles. The first-order chi connectivity index (χ1) is 12.7. The maximum absolute atomic E-state index is 14.2. The second-order valence-corrected chi connectivity index (χ2v) is 8.11. The normalized spacial score (nSPS) is 16.8. The minimum Gasteiger partial charge on any atom is -0.302 e. The molecular formula is C21H19BrFN3. The van der Waals surface area contributed by atoms with E-state index < -0.39 is 0 Å². The van der Waals surface area contributed by atoms with Gasteiger partial charge in [-0.25, -0.2) is 9.37 Å². The smallest absolute Gasteiger partial charge is 0.137 e. The highest BCUT2D eigenvalue weighted by Crippen LogP contribution is 2.40. The summed E-state index contributed by atoms with van der Waals surface area (Å²) in [5, 5.41) is 0. The summed E-state index contributed by atoms with van der Waals surface area (Å²) in [6, 6.07) is 14.0. The van der Waals surface area contributed by atoms with E-state index in [-0.39, 0.29) is 5.82 Å². The zero-order valence-corrected chi connectivity index (χ0v) is 15.9. The molecule has 5 heteroatoms. The van der Waals surface area contributed by atoms with Crippen molar-refractivity contribution in [1.29, 1.82) is 0 Å². The van der Waals surface area contributed by atoms with Crippen molar-refractivity contribution >= 4 is 15.9 Å². The molecule has 3 aromatic rings. The van der Waals surface area contributed by atoms with Crippen LogP contribution < -0.4 is 0 Å². The van der Waals surface area contributed by atoms with Gasteiger partial charge in [-0.1, -0.05) is 30.3 Å². The van der Waals surface area contributed by atoms with Gasteiger partial charge in [-0.2, -0.15) is 0 Å². The van der Waals surface area contributed by atoms with Crippen LogP contribution in [0.15, 0.2) is 53.1 Å². The zero-order valence-electron chi connectivity index (χ0n) is 14.3. The Morgan fingerprint density at radius 2 is 1.92 bits per heavy atom. The van der Waals surface area contributed by atoms with Crippen LogP contribution in [0.25, 0.3) is 5.69 Å². The number of halogens is 2. The first kappa shape index (κ1) is 16.2. The van der Waals surface area contributed by atoms with E-state index in [2.05, 4.69) is 55.9 Å². The minimum atomic E-state index is -0.214. The molecule has 1 saturated carbocycles. The number of nitrogens with zero attached hydrogens (tertiary/aromatic N) is 3. The number of aromatic nitrogens is 2. The fourth-order valence-corrected chi connectivity index (χ4v) is 4.04. The van der Waals surface area contributed by atoms with E-state index in [1.807, 2.05) is 12.1 Å². The molecule has 0 N–H and O–H groups in total. The maximum Gasteiger partial charge on any atom is 0.137 e. The zero-order chi connectivity index (χ0) is 17.7. The van der Waals surface area contributed by atoms with Crippen LogP contribution in [0, 0.1) is 5.82 Å². The Kier molecular flexibility index (Phi) is 3.94. The molecule has 1 fully saturated rings. The lowest BCUT2D eigenvalue weighted by atomic mass is 10.1. The molecule has 3 nitrogen and oxygen atoms in total. The number of hydrogen-bond donors (Lipinski definition) is 0. The molecule has 5 rings (SSSR count). The highest BCUT2D eigenvalue weighted by molar-refractivity contribution is 9.10. The Morgan fingerprint density at radius 1 is 1.12 bits per heavy atom. The molecule has 1 aliphatic carbocycles. The second kappa shape index (κ2) is 6.32. The molecule has 0 amide bonds. The molecule has 0 bridgehead atoms. The summed E-state index contributed by atoms with van der Waals surface area (Å²) in [4.78, 5) is 7.27. The van der Waals surface area contributed by atoms with Crippen LogP contribution in [0.1, 0.15) is 41.4 Å². The Bertz CT molecular complexity index is 963. The van der Waals surface area contributed by atoms with Crippen LogP contribution in [0.2, 0.25) is 0 Å². The summed E-state index contributed by atoms with van der Waals surface area (Å²) < 4.78 is 16.9. The summed E-state index contributed by atoms with van der Waals surface area (Å²) in [6.45, 7) is 2.29. The molecule has 132 valence electrons.